The highest BCUT2D eigenvalue weighted by Gasteiger charge is 2.18. The van der Waals surface area contributed by atoms with Gasteiger partial charge in [0.2, 0.25) is 0 Å². The first-order chi connectivity index (χ1) is 8.10. The van der Waals surface area contributed by atoms with Crippen LogP contribution in [0, 0.1) is 0 Å². The number of carbonyl (C=O) groups is 1. The van der Waals surface area contributed by atoms with Gasteiger partial charge in [0.25, 0.3) is 5.59 Å². The summed E-state index contributed by atoms with van der Waals surface area (Å²) in [5.41, 5.74) is 5.47. The minimum atomic E-state index is -1.50. The normalized spacial score (nSPS) is 10.6. The highest BCUT2D eigenvalue weighted by molar-refractivity contribution is 6.83. The Balaban J connectivity index is 3.60. The Hall–Kier alpha value is -0.963. The van der Waals surface area contributed by atoms with Crippen molar-refractivity contribution < 1.29 is 9.90 Å². The average Bonchev–Trinajstić information content (AvgIpc) is 2.35. The molecule has 17 heavy (non-hydrogen) atoms. The number of aryl methyl sites for hydroxylation is 1. The monoisotopic (exact) mass is 250 g/mol. The minimum Gasteiger partial charge on any atom is -0.482 e. The average molecular weight is 250 g/mol. The molecule has 0 amide bonds. The maximum absolute atomic E-state index is 11.4. The second-order valence-corrected chi connectivity index (χ2v) is 6.39. The molecule has 3 heteroatoms. The Kier molecular flexibility index (Phi) is 5.06. The Bertz CT molecular complexity index is 425. The molecule has 1 aromatic rings. The first-order valence-electron chi connectivity index (χ1n) is 6.50. The number of hydrogen-bond donors (Lipinski definition) is 1. The molecular weight excluding hydrogens is 228 g/mol. The second-order valence-electron chi connectivity index (χ2n) is 4.24. The van der Waals surface area contributed by atoms with E-state index in [1.807, 2.05) is 0 Å². The van der Waals surface area contributed by atoms with Crippen molar-refractivity contribution in [1.82, 2.24) is 0 Å². The van der Waals surface area contributed by atoms with E-state index >= 15 is 0 Å². The van der Waals surface area contributed by atoms with Crippen LogP contribution in [0.25, 0.3) is 0 Å². The van der Waals surface area contributed by atoms with Crippen molar-refractivity contribution in [3.05, 3.63) is 27.5 Å². The van der Waals surface area contributed by atoms with Crippen molar-refractivity contribution in [1.29, 1.82) is 0 Å². The van der Waals surface area contributed by atoms with Crippen molar-refractivity contribution >= 4 is 14.0 Å². The van der Waals surface area contributed by atoms with Crippen LogP contribution in [0.2, 0.25) is 0 Å². The molecule has 0 aromatic carbocycles. The summed E-state index contributed by atoms with van der Waals surface area (Å²) in [4.78, 5) is 11.4. The number of hydrogen-bond acceptors (Lipinski definition) is 1. The molecule has 0 radical (unpaired) electrons. The van der Waals surface area contributed by atoms with E-state index in [0.29, 0.717) is 0 Å². The van der Waals surface area contributed by atoms with Crippen LogP contribution in [-0.4, -0.2) is 19.1 Å². The third-order valence-corrected chi connectivity index (χ3v) is 5.84. The van der Waals surface area contributed by atoms with E-state index < -0.39 is 14.0 Å². The lowest BCUT2D eigenvalue weighted by Gasteiger charge is -2.18. The molecule has 0 atom stereocenters. The molecule has 0 bridgehead atoms. The topological polar surface area (TPSA) is 37.3 Å². The van der Waals surface area contributed by atoms with Gasteiger partial charge in [-0.15, -0.1) is 0 Å². The molecule has 1 rings (SSSR count). The fraction of sp³-hybridized carbons (Fsp3) is 0.571. The molecule has 0 saturated heterocycles. The van der Waals surface area contributed by atoms with E-state index in [1.165, 1.54) is 21.9 Å². The van der Waals surface area contributed by atoms with Gasteiger partial charge in [0, 0.05) is 0 Å². The third-order valence-electron chi connectivity index (χ3n) is 3.43. The van der Waals surface area contributed by atoms with Gasteiger partial charge in [0.15, 0.2) is 8.40 Å². The Morgan fingerprint density at radius 2 is 1.65 bits per heavy atom. The molecule has 0 fully saturated rings. The summed E-state index contributed by atoms with van der Waals surface area (Å²) in [6.07, 6.45) is 3.80. The lowest BCUT2D eigenvalue weighted by Crippen LogP contribution is -2.20. The van der Waals surface area contributed by atoms with Crippen LogP contribution in [-0.2, 0) is 25.7 Å². The first kappa shape index (κ1) is 14.1. The summed E-state index contributed by atoms with van der Waals surface area (Å²) in [7, 11) is -1.50. The number of carboxylic acid groups (broad SMARTS) is 1. The van der Waals surface area contributed by atoms with Gasteiger partial charge >= 0.3 is 0 Å². The fourth-order valence-corrected chi connectivity index (χ4v) is 4.98. The zero-order chi connectivity index (χ0) is 13.0. The van der Waals surface area contributed by atoms with E-state index in [2.05, 4.69) is 33.4 Å². The van der Waals surface area contributed by atoms with Crippen LogP contribution >= 0.6 is 0 Å². The summed E-state index contributed by atoms with van der Waals surface area (Å²) in [5.74, 6) is 0. The van der Waals surface area contributed by atoms with Crippen LogP contribution in [0.15, 0.2) is 5.68 Å². The highest BCUT2D eigenvalue weighted by atomic mass is 28.2. The van der Waals surface area contributed by atoms with E-state index in [0.717, 1.165) is 25.7 Å². The molecular formula is C14H22O2Si. The zero-order valence-electron chi connectivity index (χ0n) is 11.3. The Morgan fingerprint density at radius 3 is 2.00 bits per heavy atom. The molecule has 94 valence electrons. The molecule has 0 unspecified atom stereocenters. The van der Waals surface area contributed by atoms with E-state index in [1.54, 1.807) is 0 Å². The summed E-state index contributed by atoms with van der Waals surface area (Å²) in [5, 5.41) is 10.6. The summed E-state index contributed by atoms with van der Waals surface area (Å²) >= 11 is 0. The second kappa shape index (κ2) is 6.10. The van der Waals surface area contributed by atoms with Crippen molar-refractivity contribution in [2.24, 2.45) is 0 Å². The molecule has 0 spiro atoms. The van der Waals surface area contributed by atoms with Gasteiger partial charge in [-0.3, -0.25) is 4.79 Å². The minimum absolute atomic E-state index is 0.612. The smallest absolute Gasteiger partial charge is 0.295 e. The van der Waals surface area contributed by atoms with Crippen LogP contribution in [0.4, 0.5) is 4.79 Å². The van der Waals surface area contributed by atoms with Crippen LogP contribution in [0.3, 0.4) is 0 Å². The summed E-state index contributed by atoms with van der Waals surface area (Å²) in [6.45, 7) is 8.50. The Morgan fingerprint density at radius 1 is 1.06 bits per heavy atom. The Labute approximate surface area is 105 Å². The van der Waals surface area contributed by atoms with Crippen molar-refractivity contribution in [2.75, 3.05) is 0 Å². The van der Waals surface area contributed by atoms with Gasteiger partial charge in [0.1, 0.15) is 0 Å². The maximum atomic E-state index is 11.4. The maximum Gasteiger partial charge on any atom is 0.295 e. The summed E-state index contributed by atoms with van der Waals surface area (Å²) in [6, 6.07) is 0. The van der Waals surface area contributed by atoms with Gasteiger partial charge in [-0.25, -0.2) is 0 Å². The summed E-state index contributed by atoms with van der Waals surface area (Å²) < 4.78 is 0. The van der Waals surface area contributed by atoms with Crippen molar-refractivity contribution in [3.63, 3.8) is 0 Å². The molecule has 0 aliphatic carbocycles. The van der Waals surface area contributed by atoms with Crippen LogP contribution in [0.5, 0.6) is 0 Å². The molecule has 2 nitrogen and oxygen atoms in total. The fourth-order valence-electron chi connectivity index (χ4n) is 2.66. The highest BCUT2D eigenvalue weighted by Crippen LogP contribution is 2.22. The first-order valence-corrected chi connectivity index (χ1v) is 8.08. The molecule has 0 saturated carbocycles. The largest absolute Gasteiger partial charge is 0.482 e. The standard InChI is InChI=1S/C14H22O2Si/c1-5-10-9-17(14(15)16)13(8-4)12(7-3)11(10)6-2/h9H,5-8H2,1-4H3,(H,15,16). The number of rotatable bonds is 5. The molecule has 1 heterocycles. The van der Waals surface area contributed by atoms with Gasteiger partial charge < -0.3 is 5.11 Å². The third kappa shape index (κ3) is 2.65. The van der Waals surface area contributed by atoms with Crippen molar-refractivity contribution in [3.8, 4) is 0 Å². The predicted octanol–water partition coefficient (Wildman–Crippen LogP) is 3.49. The SMILES string of the molecule is CCc1c[si](C(=O)O)c(CC)c(CC)c1CC. The van der Waals surface area contributed by atoms with E-state index in [4.69, 9.17) is 0 Å². The zero-order valence-corrected chi connectivity index (χ0v) is 12.3. The van der Waals surface area contributed by atoms with E-state index in [9.17, 15) is 9.90 Å². The van der Waals surface area contributed by atoms with Crippen LogP contribution in [0.1, 0.15) is 49.6 Å². The molecule has 1 aromatic heterocycles. The van der Waals surface area contributed by atoms with Crippen LogP contribution < -0.4 is 0 Å². The predicted molar refractivity (Wildman–Crippen MR) is 73.3 cm³/mol. The lowest BCUT2D eigenvalue weighted by atomic mass is 9.98. The molecule has 0 aliphatic rings. The lowest BCUT2D eigenvalue weighted by molar-refractivity contribution is 0.219. The van der Waals surface area contributed by atoms with Crippen molar-refractivity contribution in [2.45, 2.75) is 53.4 Å². The quantitative estimate of drug-likeness (QED) is 0.812. The molecule has 1 N–H and O–H groups in total. The van der Waals surface area contributed by atoms with Gasteiger partial charge in [-0.05, 0) is 47.5 Å². The van der Waals surface area contributed by atoms with Gasteiger partial charge in [-0.1, -0.05) is 33.4 Å². The van der Waals surface area contributed by atoms with E-state index in [-0.39, 0.29) is 0 Å². The van der Waals surface area contributed by atoms with Gasteiger partial charge in [0.05, 0.1) is 0 Å². The molecule has 0 aliphatic heterocycles. The van der Waals surface area contributed by atoms with Gasteiger partial charge in [-0.2, -0.15) is 0 Å².